The van der Waals surface area contributed by atoms with Crippen LogP contribution in [0.25, 0.3) is 10.9 Å². The van der Waals surface area contributed by atoms with Crippen LogP contribution >= 0.6 is 11.6 Å². The van der Waals surface area contributed by atoms with E-state index in [1.54, 1.807) is 0 Å². The second-order valence-electron chi connectivity index (χ2n) is 4.87. The van der Waals surface area contributed by atoms with Crippen molar-refractivity contribution < 1.29 is 0 Å². The van der Waals surface area contributed by atoms with E-state index in [2.05, 4.69) is 29.4 Å². The summed E-state index contributed by atoms with van der Waals surface area (Å²) in [5, 5.41) is 5.31. The first-order chi connectivity index (χ1) is 9.66. The Morgan fingerprint density at radius 3 is 2.55 bits per heavy atom. The number of para-hydroxylation sites is 1. The van der Waals surface area contributed by atoms with E-state index in [1.807, 2.05) is 43.5 Å². The molecule has 0 saturated heterocycles. The summed E-state index contributed by atoms with van der Waals surface area (Å²) in [4.78, 5) is 4.44. The molecule has 0 spiro atoms. The lowest BCUT2D eigenvalue weighted by Crippen LogP contribution is -1.95. The maximum atomic E-state index is 6.17. The number of nitrogens with one attached hydrogen (secondary N) is 1. The first kappa shape index (κ1) is 12.9. The zero-order valence-electron chi connectivity index (χ0n) is 11.4. The van der Waals surface area contributed by atoms with Gasteiger partial charge >= 0.3 is 0 Å². The molecule has 3 aromatic rings. The summed E-state index contributed by atoms with van der Waals surface area (Å²) in [7, 11) is 0. The molecule has 0 radical (unpaired) electrons. The second kappa shape index (κ2) is 5.14. The molecule has 0 aliphatic heterocycles. The lowest BCUT2D eigenvalue weighted by molar-refractivity contribution is 1.36. The van der Waals surface area contributed by atoms with Crippen molar-refractivity contribution in [1.82, 2.24) is 4.98 Å². The molecule has 0 aliphatic carbocycles. The zero-order chi connectivity index (χ0) is 14.1. The highest BCUT2D eigenvalue weighted by Gasteiger charge is 2.07. The van der Waals surface area contributed by atoms with Gasteiger partial charge in [-0.2, -0.15) is 0 Å². The summed E-state index contributed by atoms with van der Waals surface area (Å²) < 4.78 is 0. The van der Waals surface area contributed by atoms with Gasteiger partial charge in [0.15, 0.2) is 0 Å². The Morgan fingerprint density at radius 2 is 1.75 bits per heavy atom. The molecule has 0 amide bonds. The fourth-order valence-electron chi connectivity index (χ4n) is 2.30. The predicted octanol–water partition coefficient (Wildman–Crippen LogP) is 5.25. The number of pyridine rings is 1. The van der Waals surface area contributed by atoms with Crippen LogP contribution in [-0.4, -0.2) is 4.98 Å². The molecule has 0 bridgehead atoms. The molecule has 1 N–H and O–H groups in total. The van der Waals surface area contributed by atoms with Crippen molar-refractivity contribution in [3.63, 3.8) is 0 Å². The van der Waals surface area contributed by atoms with Gasteiger partial charge in [-0.05, 0) is 49.2 Å². The van der Waals surface area contributed by atoms with E-state index in [9.17, 15) is 0 Å². The molecule has 100 valence electrons. The van der Waals surface area contributed by atoms with Crippen molar-refractivity contribution >= 4 is 33.9 Å². The molecule has 1 heterocycles. The van der Waals surface area contributed by atoms with Crippen LogP contribution in [0.3, 0.4) is 0 Å². The number of hydrogen-bond donors (Lipinski definition) is 1. The van der Waals surface area contributed by atoms with Crippen LogP contribution in [0.15, 0.2) is 48.7 Å². The minimum absolute atomic E-state index is 0.748. The van der Waals surface area contributed by atoms with Gasteiger partial charge in [-0.1, -0.05) is 29.8 Å². The van der Waals surface area contributed by atoms with Crippen LogP contribution in [0.4, 0.5) is 11.4 Å². The van der Waals surface area contributed by atoms with Gasteiger partial charge in [0.1, 0.15) is 0 Å². The van der Waals surface area contributed by atoms with Crippen LogP contribution in [0.2, 0.25) is 5.02 Å². The topological polar surface area (TPSA) is 24.9 Å². The van der Waals surface area contributed by atoms with E-state index >= 15 is 0 Å². The van der Waals surface area contributed by atoms with Crippen molar-refractivity contribution in [2.24, 2.45) is 0 Å². The van der Waals surface area contributed by atoms with Gasteiger partial charge in [-0.25, -0.2) is 0 Å². The van der Waals surface area contributed by atoms with E-state index in [0.717, 1.165) is 32.9 Å². The highest BCUT2D eigenvalue weighted by molar-refractivity contribution is 6.32. The number of anilines is 2. The maximum Gasteiger partial charge on any atom is 0.0766 e. The minimum Gasteiger partial charge on any atom is -0.355 e. The molecule has 2 nitrogen and oxygen atoms in total. The van der Waals surface area contributed by atoms with Crippen LogP contribution in [-0.2, 0) is 0 Å². The van der Waals surface area contributed by atoms with E-state index < -0.39 is 0 Å². The fraction of sp³-hybridized carbons (Fsp3) is 0.118. The van der Waals surface area contributed by atoms with Gasteiger partial charge in [-0.15, -0.1) is 0 Å². The first-order valence-electron chi connectivity index (χ1n) is 6.53. The molecular formula is C17H15ClN2. The average Bonchev–Trinajstić information content (AvgIpc) is 2.46. The van der Waals surface area contributed by atoms with E-state index in [0.29, 0.717) is 0 Å². The summed E-state index contributed by atoms with van der Waals surface area (Å²) in [6, 6.07) is 14.2. The number of rotatable bonds is 2. The predicted molar refractivity (Wildman–Crippen MR) is 86.0 cm³/mol. The number of hydrogen-bond acceptors (Lipinski definition) is 2. The molecular weight excluding hydrogens is 268 g/mol. The molecule has 0 fully saturated rings. The molecule has 0 saturated carbocycles. The SMILES string of the molecule is Cc1ccccc1Nc1ccnc2c(C)c(Cl)ccc12. The van der Waals surface area contributed by atoms with Crippen molar-refractivity contribution in [1.29, 1.82) is 0 Å². The Morgan fingerprint density at radius 1 is 0.950 bits per heavy atom. The molecule has 20 heavy (non-hydrogen) atoms. The third-order valence-electron chi connectivity index (χ3n) is 3.51. The van der Waals surface area contributed by atoms with Gasteiger partial charge in [0, 0.05) is 28.0 Å². The number of nitrogens with zero attached hydrogens (tertiary/aromatic N) is 1. The molecule has 2 aromatic carbocycles. The Labute approximate surface area is 123 Å². The summed E-state index contributed by atoms with van der Waals surface area (Å²) in [6.45, 7) is 4.09. The summed E-state index contributed by atoms with van der Waals surface area (Å²) in [6.07, 6.45) is 1.81. The van der Waals surface area contributed by atoms with Gasteiger partial charge in [0.2, 0.25) is 0 Å². The van der Waals surface area contributed by atoms with Gasteiger partial charge in [0.05, 0.1) is 5.52 Å². The summed E-state index contributed by atoms with van der Waals surface area (Å²) >= 11 is 6.17. The monoisotopic (exact) mass is 282 g/mol. The lowest BCUT2D eigenvalue weighted by Gasteiger charge is -2.13. The van der Waals surface area contributed by atoms with Gasteiger partial charge in [0.25, 0.3) is 0 Å². The summed E-state index contributed by atoms with van der Waals surface area (Å²) in [5.74, 6) is 0. The molecule has 3 heteroatoms. The Hall–Kier alpha value is -2.06. The molecule has 3 rings (SSSR count). The molecule has 0 unspecified atom stereocenters. The number of fused-ring (bicyclic) bond motifs is 1. The standard InChI is InChI=1S/C17H15ClN2/c1-11-5-3-4-6-15(11)20-16-9-10-19-17-12(2)14(18)8-7-13(16)17/h3-10H,1-2H3,(H,19,20). The lowest BCUT2D eigenvalue weighted by atomic mass is 10.1. The van der Waals surface area contributed by atoms with Crippen molar-refractivity contribution in [2.45, 2.75) is 13.8 Å². The van der Waals surface area contributed by atoms with Crippen LogP contribution in [0.5, 0.6) is 0 Å². The number of halogens is 1. The quantitative estimate of drug-likeness (QED) is 0.694. The average molecular weight is 283 g/mol. The minimum atomic E-state index is 0.748. The van der Waals surface area contributed by atoms with E-state index in [4.69, 9.17) is 11.6 Å². The second-order valence-corrected chi connectivity index (χ2v) is 5.27. The largest absolute Gasteiger partial charge is 0.355 e. The van der Waals surface area contributed by atoms with E-state index in [-0.39, 0.29) is 0 Å². The van der Waals surface area contributed by atoms with Crippen molar-refractivity contribution in [3.8, 4) is 0 Å². The Bertz CT molecular complexity index is 781. The van der Waals surface area contributed by atoms with Gasteiger partial charge < -0.3 is 5.32 Å². The Balaban J connectivity index is 2.13. The Kier molecular flexibility index (Phi) is 3.33. The smallest absolute Gasteiger partial charge is 0.0766 e. The number of benzene rings is 2. The third kappa shape index (κ3) is 2.23. The van der Waals surface area contributed by atoms with Crippen LogP contribution in [0.1, 0.15) is 11.1 Å². The first-order valence-corrected chi connectivity index (χ1v) is 6.91. The fourth-order valence-corrected chi connectivity index (χ4v) is 2.46. The highest BCUT2D eigenvalue weighted by Crippen LogP contribution is 2.30. The van der Waals surface area contributed by atoms with Gasteiger partial charge in [-0.3, -0.25) is 4.98 Å². The van der Waals surface area contributed by atoms with Crippen molar-refractivity contribution in [2.75, 3.05) is 5.32 Å². The number of aryl methyl sites for hydroxylation is 2. The summed E-state index contributed by atoms with van der Waals surface area (Å²) in [5.41, 5.74) is 5.31. The third-order valence-corrected chi connectivity index (χ3v) is 3.92. The highest BCUT2D eigenvalue weighted by atomic mass is 35.5. The maximum absolute atomic E-state index is 6.17. The molecule has 0 atom stereocenters. The van der Waals surface area contributed by atoms with Crippen molar-refractivity contribution in [3.05, 3.63) is 64.8 Å². The number of aromatic nitrogens is 1. The zero-order valence-corrected chi connectivity index (χ0v) is 12.2. The van der Waals surface area contributed by atoms with Crippen LogP contribution < -0.4 is 5.32 Å². The molecule has 0 aliphatic rings. The van der Waals surface area contributed by atoms with Crippen LogP contribution in [0, 0.1) is 13.8 Å². The molecule has 1 aromatic heterocycles. The van der Waals surface area contributed by atoms with E-state index in [1.165, 1.54) is 5.56 Å². The normalized spacial score (nSPS) is 10.8.